The maximum absolute atomic E-state index is 11.5. The van der Waals surface area contributed by atoms with Crippen LogP contribution in [0.3, 0.4) is 0 Å². The van der Waals surface area contributed by atoms with Gasteiger partial charge in [0.2, 0.25) is 0 Å². The van der Waals surface area contributed by atoms with Gasteiger partial charge in [-0.05, 0) is 19.4 Å². The first-order valence-corrected chi connectivity index (χ1v) is 5.32. The molecule has 82 valence electrons. The van der Waals surface area contributed by atoms with E-state index in [-0.39, 0.29) is 12.0 Å². The molecular formula is C10H20N2O2. The molecule has 0 aromatic heterocycles. The second-order valence-corrected chi connectivity index (χ2v) is 3.59. The first kappa shape index (κ1) is 11.5. The van der Waals surface area contributed by atoms with Gasteiger partial charge in [-0.2, -0.15) is 0 Å². The molecule has 1 fully saturated rings. The molecule has 1 aliphatic rings. The summed E-state index contributed by atoms with van der Waals surface area (Å²) in [6.45, 7) is 5.97. The van der Waals surface area contributed by atoms with Crippen LogP contribution in [0.25, 0.3) is 0 Å². The standard InChI is InChI=1S/C10H20N2O2/c1-3-9(10(13)14-2)12-7-4-5-11-6-8-12/h9,11H,3-8H2,1-2H3. The van der Waals surface area contributed by atoms with E-state index in [1.807, 2.05) is 6.92 Å². The number of esters is 1. The number of ether oxygens (including phenoxy) is 1. The molecule has 0 bridgehead atoms. The van der Waals surface area contributed by atoms with E-state index in [2.05, 4.69) is 10.2 Å². The minimum Gasteiger partial charge on any atom is -0.468 e. The van der Waals surface area contributed by atoms with Crippen molar-refractivity contribution in [3.63, 3.8) is 0 Å². The summed E-state index contributed by atoms with van der Waals surface area (Å²) < 4.78 is 4.80. The maximum Gasteiger partial charge on any atom is 0.323 e. The van der Waals surface area contributed by atoms with Crippen LogP contribution in [-0.4, -0.2) is 50.2 Å². The van der Waals surface area contributed by atoms with Crippen molar-refractivity contribution in [2.75, 3.05) is 33.3 Å². The van der Waals surface area contributed by atoms with Crippen molar-refractivity contribution in [1.29, 1.82) is 0 Å². The van der Waals surface area contributed by atoms with E-state index >= 15 is 0 Å². The van der Waals surface area contributed by atoms with Crippen LogP contribution in [0.1, 0.15) is 19.8 Å². The average Bonchev–Trinajstić information content (AvgIpc) is 2.47. The predicted molar refractivity (Wildman–Crippen MR) is 55.2 cm³/mol. The number of rotatable bonds is 3. The van der Waals surface area contributed by atoms with Crippen LogP contribution >= 0.6 is 0 Å². The number of nitrogens with one attached hydrogen (secondary N) is 1. The molecular weight excluding hydrogens is 180 g/mol. The van der Waals surface area contributed by atoms with Crippen LogP contribution in [0.4, 0.5) is 0 Å². The molecule has 1 unspecified atom stereocenters. The fourth-order valence-corrected chi connectivity index (χ4v) is 1.89. The zero-order valence-corrected chi connectivity index (χ0v) is 9.08. The summed E-state index contributed by atoms with van der Waals surface area (Å²) in [6.07, 6.45) is 1.93. The Balaban J connectivity index is 2.52. The molecule has 4 nitrogen and oxygen atoms in total. The summed E-state index contributed by atoms with van der Waals surface area (Å²) in [6, 6.07) is -0.0556. The highest BCUT2D eigenvalue weighted by Crippen LogP contribution is 2.08. The molecule has 1 N–H and O–H groups in total. The van der Waals surface area contributed by atoms with Crippen molar-refractivity contribution in [3.8, 4) is 0 Å². The minimum atomic E-state index is -0.102. The van der Waals surface area contributed by atoms with E-state index in [1.165, 1.54) is 7.11 Å². The lowest BCUT2D eigenvalue weighted by molar-refractivity contribution is -0.147. The van der Waals surface area contributed by atoms with Crippen molar-refractivity contribution in [2.45, 2.75) is 25.8 Å². The van der Waals surface area contributed by atoms with Crippen LogP contribution in [0, 0.1) is 0 Å². The van der Waals surface area contributed by atoms with E-state index in [4.69, 9.17) is 4.74 Å². The monoisotopic (exact) mass is 200 g/mol. The highest BCUT2D eigenvalue weighted by molar-refractivity contribution is 5.75. The fourth-order valence-electron chi connectivity index (χ4n) is 1.89. The van der Waals surface area contributed by atoms with E-state index < -0.39 is 0 Å². The molecule has 0 aromatic carbocycles. The summed E-state index contributed by atoms with van der Waals surface area (Å²) in [5.41, 5.74) is 0. The molecule has 1 heterocycles. The molecule has 1 aliphatic heterocycles. The molecule has 0 radical (unpaired) electrons. The molecule has 0 aromatic rings. The van der Waals surface area contributed by atoms with Gasteiger partial charge < -0.3 is 10.1 Å². The number of methoxy groups -OCH3 is 1. The number of hydrogen-bond acceptors (Lipinski definition) is 4. The SMILES string of the molecule is CCC(C(=O)OC)N1CCCNCC1. The first-order valence-electron chi connectivity index (χ1n) is 5.32. The van der Waals surface area contributed by atoms with Crippen LogP contribution in [-0.2, 0) is 9.53 Å². The molecule has 1 rings (SSSR count). The van der Waals surface area contributed by atoms with Gasteiger partial charge in [-0.25, -0.2) is 0 Å². The molecule has 1 saturated heterocycles. The summed E-state index contributed by atoms with van der Waals surface area (Å²) in [5.74, 6) is -0.102. The van der Waals surface area contributed by atoms with Gasteiger partial charge >= 0.3 is 5.97 Å². The third-order valence-electron chi connectivity index (χ3n) is 2.68. The summed E-state index contributed by atoms with van der Waals surface area (Å²) in [4.78, 5) is 13.7. The number of hydrogen-bond donors (Lipinski definition) is 1. The Kier molecular flexibility index (Phi) is 4.90. The lowest BCUT2D eigenvalue weighted by Gasteiger charge is -2.27. The number of carbonyl (C=O) groups excluding carboxylic acids is 1. The minimum absolute atomic E-state index is 0.0556. The van der Waals surface area contributed by atoms with Crippen LogP contribution < -0.4 is 5.32 Å². The fraction of sp³-hybridized carbons (Fsp3) is 0.900. The number of nitrogens with zero attached hydrogens (tertiary/aromatic N) is 1. The molecule has 1 atom stereocenters. The van der Waals surface area contributed by atoms with Crippen molar-refractivity contribution in [2.24, 2.45) is 0 Å². The topological polar surface area (TPSA) is 41.6 Å². The lowest BCUT2D eigenvalue weighted by atomic mass is 10.2. The summed E-state index contributed by atoms with van der Waals surface area (Å²) in [5, 5.41) is 3.32. The van der Waals surface area contributed by atoms with E-state index in [9.17, 15) is 4.79 Å². The Morgan fingerprint density at radius 2 is 2.29 bits per heavy atom. The van der Waals surface area contributed by atoms with E-state index in [0.29, 0.717) is 0 Å². The lowest BCUT2D eigenvalue weighted by Crippen LogP contribution is -2.43. The van der Waals surface area contributed by atoms with Gasteiger partial charge in [0, 0.05) is 19.6 Å². The Bertz CT molecular complexity index is 177. The van der Waals surface area contributed by atoms with Gasteiger partial charge in [0.05, 0.1) is 7.11 Å². The largest absolute Gasteiger partial charge is 0.468 e. The highest BCUT2D eigenvalue weighted by Gasteiger charge is 2.24. The zero-order chi connectivity index (χ0) is 10.4. The molecule has 14 heavy (non-hydrogen) atoms. The van der Waals surface area contributed by atoms with Crippen molar-refractivity contribution >= 4 is 5.97 Å². The highest BCUT2D eigenvalue weighted by atomic mass is 16.5. The van der Waals surface area contributed by atoms with Gasteiger partial charge in [-0.15, -0.1) is 0 Å². The van der Waals surface area contributed by atoms with Gasteiger partial charge in [-0.1, -0.05) is 6.92 Å². The molecule has 0 saturated carbocycles. The normalized spacial score (nSPS) is 21.3. The van der Waals surface area contributed by atoms with E-state index in [1.54, 1.807) is 0 Å². The Labute approximate surface area is 85.6 Å². The van der Waals surface area contributed by atoms with Gasteiger partial charge in [-0.3, -0.25) is 9.69 Å². The van der Waals surface area contributed by atoms with Crippen LogP contribution in [0.2, 0.25) is 0 Å². The smallest absolute Gasteiger partial charge is 0.323 e. The molecule has 0 aliphatic carbocycles. The van der Waals surface area contributed by atoms with Gasteiger partial charge in [0.25, 0.3) is 0 Å². The molecule has 0 spiro atoms. The van der Waals surface area contributed by atoms with Crippen molar-refractivity contribution in [1.82, 2.24) is 10.2 Å². The van der Waals surface area contributed by atoms with Gasteiger partial charge in [0.15, 0.2) is 0 Å². The third-order valence-corrected chi connectivity index (χ3v) is 2.68. The van der Waals surface area contributed by atoms with Crippen LogP contribution in [0.15, 0.2) is 0 Å². The Morgan fingerprint density at radius 1 is 1.50 bits per heavy atom. The zero-order valence-electron chi connectivity index (χ0n) is 9.08. The Hall–Kier alpha value is -0.610. The molecule has 4 heteroatoms. The second-order valence-electron chi connectivity index (χ2n) is 3.59. The van der Waals surface area contributed by atoms with Crippen LogP contribution in [0.5, 0.6) is 0 Å². The quantitative estimate of drug-likeness (QED) is 0.662. The predicted octanol–water partition coefficient (Wildman–Crippen LogP) is 0.233. The Morgan fingerprint density at radius 3 is 2.93 bits per heavy atom. The molecule has 0 amide bonds. The summed E-state index contributed by atoms with van der Waals surface area (Å²) in [7, 11) is 1.46. The average molecular weight is 200 g/mol. The maximum atomic E-state index is 11.5. The van der Waals surface area contributed by atoms with Gasteiger partial charge in [0.1, 0.15) is 6.04 Å². The second kappa shape index (κ2) is 5.98. The summed E-state index contributed by atoms with van der Waals surface area (Å²) >= 11 is 0. The van der Waals surface area contributed by atoms with E-state index in [0.717, 1.165) is 39.0 Å². The number of carbonyl (C=O) groups is 1. The third kappa shape index (κ3) is 2.96. The van der Waals surface area contributed by atoms with Crippen molar-refractivity contribution in [3.05, 3.63) is 0 Å². The first-order chi connectivity index (χ1) is 6.79. The van der Waals surface area contributed by atoms with Crippen molar-refractivity contribution < 1.29 is 9.53 Å².